The molecule has 3 rings (SSSR count). The first-order chi connectivity index (χ1) is 11.6. The molecule has 0 aliphatic carbocycles. The molecule has 2 heterocycles. The van der Waals surface area contributed by atoms with E-state index in [0.29, 0.717) is 12.8 Å². The average molecular weight is 342 g/mol. The van der Waals surface area contributed by atoms with Crippen molar-refractivity contribution < 1.29 is 14.7 Å². The first-order valence-electron chi connectivity index (χ1n) is 7.85. The Labute approximate surface area is 144 Å². The molecular weight excluding hydrogens is 324 g/mol. The average Bonchev–Trinajstić information content (AvgIpc) is 3.24. The van der Waals surface area contributed by atoms with Gasteiger partial charge < -0.3 is 5.11 Å². The van der Waals surface area contributed by atoms with Crippen molar-refractivity contribution in [2.24, 2.45) is 5.10 Å². The van der Waals surface area contributed by atoms with E-state index in [2.05, 4.69) is 5.10 Å². The molecule has 0 radical (unpaired) electrons. The highest BCUT2D eigenvalue weighted by atomic mass is 32.1. The Morgan fingerprint density at radius 3 is 2.62 bits per heavy atom. The number of hydrazone groups is 1. The van der Waals surface area contributed by atoms with E-state index in [1.54, 1.807) is 11.3 Å². The Balaban J connectivity index is 1.79. The van der Waals surface area contributed by atoms with Gasteiger partial charge in [-0.1, -0.05) is 36.4 Å². The number of thiophene rings is 1. The molecule has 1 amide bonds. The second-order valence-corrected chi connectivity index (χ2v) is 6.61. The zero-order valence-electron chi connectivity index (χ0n) is 13.1. The molecule has 0 spiro atoms. The number of rotatable bonds is 6. The summed E-state index contributed by atoms with van der Waals surface area (Å²) in [6.07, 6.45) is 1.20. The maximum atomic E-state index is 12.5. The maximum Gasteiger partial charge on any atom is 0.303 e. The molecule has 124 valence electrons. The first kappa shape index (κ1) is 16.4. The second kappa shape index (κ2) is 7.40. The molecule has 0 fully saturated rings. The van der Waals surface area contributed by atoms with Gasteiger partial charge >= 0.3 is 5.97 Å². The first-order valence-corrected chi connectivity index (χ1v) is 8.73. The number of carbonyl (C=O) groups excluding carboxylic acids is 1. The van der Waals surface area contributed by atoms with Crippen LogP contribution in [0.15, 0.2) is 52.9 Å². The molecule has 1 aromatic heterocycles. The van der Waals surface area contributed by atoms with Gasteiger partial charge in [-0.25, -0.2) is 5.01 Å². The van der Waals surface area contributed by atoms with Crippen molar-refractivity contribution in [2.45, 2.75) is 31.7 Å². The molecule has 5 nitrogen and oxygen atoms in total. The van der Waals surface area contributed by atoms with Gasteiger partial charge in [0.05, 0.1) is 11.8 Å². The zero-order valence-corrected chi connectivity index (χ0v) is 13.9. The van der Waals surface area contributed by atoms with E-state index in [9.17, 15) is 9.59 Å². The van der Waals surface area contributed by atoms with Gasteiger partial charge in [0, 0.05) is 24.1 Å². The number of nitrogens with zero attached hydrogens (tertiary/aromatic N) is 2. The van der Waals surface area contributed by atoms with E-state index < -0.39 is 5.97 Å². The van der Waals surface area contributed by atoms with Crippen LogP contribution in [0.3, 0.4) is 0 Å². The molecule has 0 saturated carbocycles. The molecule has 0 unspecified atom stereocenters. The molecule has 0 bridgehead atoms. The maximum absolute atomic E-state index is 12.5. The molecular formula is C18H18N2O3S. The number of hydrogen-bond acceptors (Lipinski definition) is 4. The molecule has 1 N–H and O–H groups in total. The fraction of sp³-hybridized carbons (Fsp3) is 0.278. The van der Waals surface area contributed by atoms with E-state index in [1.807, 2.05) is 47.8 Å². The van der Waals surface area contributed by atoms with Crippen LogP contribution in [0.4, 0.5) is 0 Å². The quantitative estimate of drug-likeness (QED) is 0.870. The lowest BCUT2D eigenvalue weighted by Crippen LogP contribution is -2.26. The summed E-state index contributed by atoms with van der Waals surface area (Å²) in [5.41, 5.74) is 1.90. The highest BCUT2D eigenvalue weighted by Gasteiger charge is 2.33. The topological polar surface area (TPSA) is 70.0 Å². The van der Waals surface area contributed by atoms with Gasteiger partial charge in [-0.2, -0.15) is 5.10 Å². The van der Waals surface area contributed by atoms with Crippen LogP contribution < -0.4 is 0 Å². The predicted octanol–water partition coefficient (Wildman–Crippen LogP) is 3.68. The normalized spacial score (nSPS) is 16.9. The lowest BCUT2D eigenvalue weighted by molar-refractivity contribution is -0.137. The number of carboxylic acids is 1. The van der Waals surface area contributed by atoms with Crippen molar-refractivity contribution >= 4 is 28.9 Å². The van der Waals surface area contributed by atoms with E-state index in [0.717, 1.165) is 16.2 Å². The van der Waals surface area contributed by atoms with Crippen LogP contribution in [0.5, 0.6) is 0 Å². The number of amides is 1. The van der Waals surface area contributed by atoms with Gasteiger partial charge in [-0.05, 0) is 23.4 Å². The minimum Gasteiger partial charge on any atom is -0.481 e. The molecule has 24 heavy (non-hydrogen) atoms. The molecule has 1 aliphatic rings. The fourth-order valence-electron chi connectivity index (χ4n) is 2.75. The summed E-state index contributed by atoms with van der Waals surface area (Å²) in [4.78, 5) is 24.3. The monoisotopic (exact) mass is 342 g/mol. The van der Waals surface area contributed by atoms with Crippen molar-refractivity contribution in [1.29, 1.82) is 0 Å². The van der Waals surface area contributed by atoms with Crippen LogP contribution >= 0.6 is 11.3 Å². The number of hydrogen-bond donors (Lipinski definition) is 1. The third-order valence-electron chi connectivity index (χ3n) is 3.93. The van der Waals surface area contributed by atoms with E-state index in [-0.39, 0.29) is 24.8 Å². The van der Waals surface area contributed by atoms with Crippen molar-refractivity contribution in [3.63, 3.8) is 0 Å². The van der Waals surface area contributed by atoms with Crippen molar-refractivity contribution in [1.82, 2.24) is 5.01 Å². The van der Waals surface area contributed by atoms with Crippen LogP contribution in [-0.2, 0) is 9.59 Å². The predicted molar refractivity (Wildman–Crippen MR) is 93.0 cm³/mol. The van der Waals surface area contributed by atoms with Gasteiger partial charge in [0.25, 0.3) is 0 Å². The zero-order chi connectivity index (χ0) is 16.9. The summed E-state index contributed by atoms with van der Waals surface area (Å²) in [6.45, 7) is 0. The summed E-state index contributed by atoms with van der Waals surface area (Å²) in [6, 6.07) is 13.7. The summed E-state index contributed by atoms with van der Waals surface area (Å²) >= 11 is 1.61. The van der Waals surface area contributed by atoms with Crippen molar-refractivity contribution in [2.75, 3.05) is 0 Å². The smallest absolute Gasteiger partial charge is 0.303 e. The molecule has 1 atom stereocenters. The number of aliphatic carboxylic acids is 1. The van der Waals surface area contributed by atoms with Crippen molar-refractivity contribution in [3.05, 3.63) is 58.3 Å². The van der Waals surface area contributed by atoms with Crippen molar-refractivity contribution in [3.8, 4) is 0 Å². The van der Waals surface area contributed by atoms with E-state index in [4.69, 9.17) is 5.11 Å². The highest BCUT2D eigenvalue weighted by molar-refractivity contribution is 7.10. The molecule has 1 aliphatic heterocycles. The number of benzene rings is 1. The van der Waals surface area contributed by atoms with E-state index >= 15 is 0 Å². The van der Waals surface area contributed by atoms with Gasteiger partial charge in [0.1, 0.15) is 0 Å². The van der Waals surface area contributed by atoms with Gasteiger partial charge in [0.2, 0.25) is 5.91 Å². The summed E-state index contributed by atoms with van der Waals surface area (Å²) < 4.78 is 0. The second-order valence-electron chi connectivity index (χ2n) is 5.63. The van der Waals surface area contributed by atoms with Gasteiger partial charge in [-0.3, -0.25) is 9.59 Å². The van der Waals surface area contributed by atoms with Crippen LogP contribution in [-0.4, -0.2) is 27.7 Å². The largest absolute Gasteiger partial charge is 0.481 e. The van der Waals surface area contributed by atoms with Gasteiger partial charge in [0.15, 0.2) is 0 Å². The molecule has 1 aromatic carbocycles. The van der Waals surface area contributed by atoms with Crippen LogP contribution in [0, 0.1) is 0 Å². The van der Waals surface area contributed by atoms with Crippen LogP contribution in [0.25, 0.3) is 0 Å². The fourth-order valence-corrected chi connectivity index (χ4v) is 3.56. The molecule has 2 aromatic rings. The summed E-state index contributed by atoms with van der Waals surface area (Å²) in [5, 5.41) is 16.8. The Morgan fingerprint density at radius 1 is 1.17 bits per heavy atom. The summed E-state index contributed by atoms with van der Waals surface area (Å²) in [5.74, 6) is -1.01. The molecule has 6 heteroatoms. The summed E-state index contributed by atoms with van der Waals surface area (Å²) in [7, 11) is 0. The number of carbonyl (C=O) groups is 2. The third kappa shape index (κ3) is 3.71. The minimum absolute atomic E-state index is 0.00148. The Kier molecular flexibility index (Phi) is 5.05. The Bertz CT molecular complexity index is 741. The minimum atomic E-state index is -0.882. The Hall–Kier alpha value is -2.47. The van der Waals surface area contributed by atoms with Gasteiger partial charge in [-0.15, -0.1) is 11.3 Å². The highest BCUT2D eigenvalue weighted by Crippen LogP contribution is 2.35. The van der Waals surface area contributed by atoms with E-state index in [1.165, 1.54) is 5.01 Å². The SMILES string of the molecule is O=C(O)CCCC(=O)N1N=C(c2ccccc2)C[C@@H]1c1cccs1. The number of carboxylic acid groups (broad SMARTS) is 1. The lowest BCUT2D eigenvalue weighted by atomic mass is 10.0. The third-order valence-corrected chi connectivity index (χ3v) is 4.90. The lowest BCUT2D eigenvalue weighted by Gasteiger charge is -2.20. The van der Waals surface area contributed by atoms with Crippen LogP contribution in [0.1, 0.15) is 42.2 Å². The molecule has 0 saturated heterocycles. The van der Waals surface area contributed by atoms with Crippen LogP contribution in [0.2, 0.25) is 0 Å². The Morgan fingerprint density at radius 2 is 1.96 bits per heavy atom. The standard InChI is InChI=1S/C18H18N2O3S/c21-17(9-4-10-18(22)23)20-15(16-8-5-11-24-16)12-14(19-20)13-6-2-1-3-7-13/h1-3,5-8,11,15H,4,9-10,12H2,(H,22,23)/t15-/m1/s1.